The predicted molar refractivity (Wildman–Crippen MR) is 74.4 cm³/mol. The van der Waals surface area contributed by atoms with Gasteiger partial charge in [0, 0.05) is 6.20 Å². The molecule has 3 N–H and O–H groups in total. The molecular formula is C14H13N3O3. The number of rotatable bonds is 3. The molecule has 0 saturated heterocycles. The van der Waals surface area contributed by atoms with Crippen LogP contribution in [0.5, 0.6) is 0 Å². The van der Waals surface area contributed by atoms with Crippen molar-refractivity contribution in [3.63, 3.8) is 0 Å². The van der Waals surface area contributed by atoms with Crippen LogP contribution in [0.3, 0.4) is 0 Å². The lowest BCUT2D eigenvalue weighted by Gasteiger charge is -2.09. The fraction of sp³-hybridized carbons (Fsp3) is 0.0714. The first-order valence-electron chi connectivity index (χ1n) is 5.82. The summed E-state index contributed by atoms with van der Waals surface area (Å²) in [4.78, 5) is 27.3. The van der Waals surface area contributed by atoms with Crippen LogP contribution in [0, 0.1) is 0 Å². The van der Waals surface area contributed by atoms with E-state index in [0.717, 1.165) is 0 Å². The minimum atomic E-state index is -0.502. The Morgan fingerprint density at radius 3 is 2.70 bits per heavy atom. The molecule has 0 saturated carbocycles. The number of hydrogen-bond donors (Lipinski definition) is 2. The Morgan fingerprint density at radius 2 is 2.05 bits per heavy atom. The SMILES string of the molecule is COC(=O)c1ccc(N)c(NC(=O)c2ccccn2)c1. The molecule has 102 valence electrons. The molecule has 20 heavy (non-hydrogen) atoms. The molecule has 6 heteroatoms. The van der Waals surface area contributed by atoms with Crippen molar-refractivity contribution in [1.82, 2.24) is 4.98 Å². The highest BCUT2D eigenvalue weighted by molar-refractivity contribution is 6.05. The lowest BCUT2D eigenvalue weighted by Crippen LogP contribution is -2.15. The zero-order valence-corrected chi connectivity index (χ0v) is 10.8. The third kappa shape index (κ3) is 2.92. The minimum Gasteiger partial charge on any atom is -0.465 e. The molecule has 6 nitrogen and oxygen atoms in total. The van der Waals surface area contributed by atoms with E-state index in [1.54, 1.807) is 18.2 Å². The fourth-order valence-corrected chi connectivity index (χ4v) is 1.59. The molecule has 1 heterocycles. The van der Waals surface area contributed by atoms with E-state index in [0.29, 0.717) is 16.9 Å². The second kappa shape index (κ2) is 5.83. The van der Waals surface area contributed by atoms with E-state index in [4.69, 9.17) is 5.73 Å². The average molecular weight is 271 g/mol. The number of nitrogens with zero attached hydrogens (tertiary/aromatic N) is 1. The Balaban J connectivity index is 2.25. The molecule has 0 fully saturated rings. The molecule has 0 aliphatic heterocycles. The molecular weight excluding hydrogens is 258 g/mol. The third-order valence-electron chi connectivity index (χ3n) is 2.62. The van der Waals surface area contributed by atoms with Crippen LogP contribution in [0.4, 0.5) is 11.4 Å². The fourth-order valence-electron chi connectivity index (χ4n) is 1.59. The molecule has 0 atom stereocenters. The summed E-state index contributed by atoms with van der Waals surface area (Å²) in [7, 11) is 1.28. The maximum atomic E-state index is 12.0. The number of hydrogen-bond acceptors (Lipinski definition) is 5. The first kappa shape index (κ1) is 13.5. The van der Waals surface area contributed by atoms with Gasteiger partial charge in [-0.2, -0.15) is 0 Å². The summed E-state index contributed by atoms with van der Waals surface area (Å²) in [5.41, 5.74) is 7.02. The highest BCUT2D eigenvalue weighted by atomic mass is 16.5. The van der Waals surface area contributed by atoms with Crippen molar-refractivity contribution in [2.24, 2.45) is 0 Å². The highest BCUT2D eigenvalue weighted by Gasteiger charge is 2.12. The smallest absolute Gasteiger partial charge is 0.337 e. The Labute approximate surface area is 115 Å². The van der Waals surface area contributed by atoms with Gasteiger partial charge in [0.15, 0.2) is 0 Å². The summed E-state index contributed by atoms with van der Waals surface area (Å²) < 4.78 is 4.62. The molecule has 0 unspecified atom stereocenters. The maximum absolute atomic E-state index is 12.0. The van der Waals surface area contributed by atoms with Gasteiger partial charge in [-0.1, -0.05) is 6.07 Å². The molecule has 0 aliphatic rings. The lowest BCUT2D eigenvalue weighted by atomic mass is 10.1. The standard InChI is InChI=1S/C14H13N3O3/c1-20-14(19)9-5-6-10(15)12(8-9)17-13(18)11-4-2-3-7-16-11/h2-8H,15H2,1H3,(H,17,18). The lowest BCUT2D eigenvalue weighted by molar-refractivity contribution is 0.0600. The molecule has 1 amide bonds. The van der Waals surface area contributed by atoms with Gasteiger partial charge in [-0.15, -0.1) is 0 Å². The first-order chi connectivity index (χ1) is 9.61. The van der Waals surface area contributed by atoms with E-state index in [9.17, 15) is 9.59 Å². The number of methoxy groups -OCH3 is 1. The second-order valence-corrected chi connectivity index (χ2v) is 3.96. The molecule has 0 spiro atoms. The number of ether oxygens (including phenoxy) is 1. The highest BCUT2D eigenvalue weighted by Crippen LogP contribution is 2.21. The molecule has 1 aromatic heterocycles. The van der Waals surface area contributed by atoms with Crippen molar-refractivity contribution in [3.8, 4) is 0 Å². The number of carbonyl (C=O) groups excluding carboxylic acids is 2. The minimum absolute atomic E-state index is 0.260. The van der Waals surface area contributed by atoms with Gasteiger partial charge in [-0.3, -0.25) is 9.78 Å². The third-order valence-corrected chi connectivity index (χ3v) is 2.62. The predicted octanol–water partition coefficient (Wildman–Crippen LogP) is 1.70. The summed E-state index contributed by atoms with van der Waals surface area (Å²) in [5, 5.41) is 2.61. The molecule has 0 aliphatic carbocycles. The van der Waals surface area contributed by atoms with Gasteiger partial charge < -0.3 is 15.8 Å². The van der Waals surface area contributed by atoms with Crippen molar-refractivity contribution in [3.05, 3.63) is 53.9 Å². The number of anilines is 2. The van der Waals surface area contributed by atoms with Crippen LogP contribution in [0.2, 0.25) is 0 Å². The number of nitrogens with two attached hydrogens (primary N) is 1. The summed E-state index contributed by atoms with van der Waals surface area (Å²) in [6, 6.07) is 9.51. The zero-order valence-electron chi connectivity index (χ0n) is 10.8. The van der Waals surface area contributed by atoms with Gasteiger partial charge >= 0.3 is 5.97 Å². The normalized spacial score (nSPS) is 9.85. The second-order valence-electron chi connectivity index (χ2n) is 3.96. The Morgan fingerprint density at radius 1 is 1.25 bits per heavy atom. The Hall–Kier alpha value is -2.89. The quantitative estimate of drug-likeness (QED) is 0.654. The monoisotopic (exact) mass is 271 g/mol. The van der Waals surface area contributed by atoms with Crippen LogP contribution in [0.15, 0.2) is 42.6 Å². The number of amides is 1. The van der Waals surface area contributed by atoms with Gasteiger partial charge in [0.1, 0.15) is 5.69 Å². The number of pyridine rings is 1. The van der Waals surface area contributed by atoms with Gasteiger partial charge in [0.05, 0.1) is 24.0 Å². The molecule has 0 bridgehead atoms. The number of nitrogen functional groups attached to an aromatic ring is 1. The van der Waals surface area contributed by atoms with Crippen molar-refractivity contribution >= 4 is 23.3 Å². The van der Waals surface area contributed by atoms with Crippen LogP contribution in [0.1, 0.15) is 20.8 Å². The molecule has 2 aromatic rings. The summed E-state index contributed by atoms with van der Waals surface area (Å²) in [6.45, 7) is 0. The first-order valence-corrected chi connectivity index (χ1v) is 5.82. The Bertz CT molecular complexity index is 641. The van der Waals surface area contributed by atoms with E-state index in [2.05, 4.69) is 15.0 Å². The van der Waals surface area contributed by atoms with Crippen LogP contribution in [-0.4, -0.2) is 24.0 Å². The number of carbonyl (C=O) groups is 2. The maximum Gasteiger partial charge on any atom is 0.337 e. The summed E-state index contributed by atoms with van der Waals surface area (Å²) >= 11 is 0. The van der Waals surface area contributed by atoms with Crippen LogP contribution in [-0.2, 0) is 4.74 Å². The van der Waals surface area contributed by atoms with Crippen LogP contribution in [0.25, 0.3) is 0 Å². The van der Waals surface area contributed by atoms with Crippen molar-refractivity contribution in [2.75, 3.05) is 18.2 Å². The van der Waals surface area contributed by atoms with Gasteiger partial charge in [-0.05, 0) is 30.3 Å². The van der Waals surface area contributed by atoms with E-state index in [1.807, 2.05) is 0 Å². The van der Waals surface area contributed by atoms with E-state index in [1.165, 1.54) is 31.5 Å². The van der Waals surface area contributed by atoms with E-state index >= 15 is 0 Å². The van der Waals surface area contributed by atoms with Crippen molar-refractivity contribution in [1.29, 1.82) is 0 Å². The van der Waals surface area contributed by atoms with Crippen LogP contribution >= 0.6 is 0 Å². The molecule has 0 radical (unpaired) electrons. The van der Waals surface area contributed by atoms with Crippen molar-refractivity contribution < 1.29 is 14.3 Å². The van der Waals surface area contributed by atoms with E-state index in [-0.39, 0.29) is 5.69 Å². The molecule has 1 aromatic carbocycles. The number of nitrogens with one attached hydrogen (secondary N) is 1. The van der Waals surface area contributed by atoms with Gasteiger partial charge in [-0.25, -0.2) is 4.79 Å². The summed E-state index contributed by atoms with van der Waals surface area (Å²) in [5.74, 6) is -0.905. The number of benzene rings is 1. The van der Waals surface area contributed by atoms with Gasteiger partial charge in [0.25, 0.3) is 5.91 Å². The number of esters is 1. The summed E-state index contributed by atoms with van der Waals surface area (Å²) in [6.07, 6.45) is 1.52. The molecule has 2 rings (SSSR count). The average Bonchev–Trinajstić information content (AvgIpc) is 2.49. The topological polar surface area (TPSA) is 94.3 Å². The Kier molecular flexibility index (Phi) is 3.95. The zero-order chi connectivity index (χ0) is 14.5. The largest absolute Gasteiger partial charge is 0.465 e. The number of aromatic nitrogens is 1. The van der Waals surface area contributed by atoms with Gasteiger partial charge in [0.2, 0.25) is 0 Å². The van der Waals surface area contributed by atoms with Crippen molar-refractivity contribution in [2.45, 2.75) is 0 Å². The van der Waals surface area contributed by atoms with Crippen LogP contribution < -0.4 is 11.1 Å². The van der Waals surface area contributed by atoms with E-state index < -0.39 is 11.9 Å².